The molecule has 1 saturated heterocycles. The number of hydrogen-bond donors (Lipinski definition) is 4. The number of anilines is 1. The van der Waals surface area contributed by atoms with Crippen molar-refractivity contribution in [2.45, 2.75) is 23.1 Å². The van der Waals surface area contributed by atoms with Crippen LogP contribution in [0.3, 0.4) is 0 Å². The highest BCUT2D eigenvalue weighted by atomic mass is 32.2. The van der Waals surface area contributed by atoms with Crippen LogP contribution in [0.5, 0.6) is 0 Å². The predicted octanol–water partition coefficient (Wildman–Crippen LogP) is -1.32. The third-order valence-electron chi connectivity index (χ3n) is 4.86. The Bertz CT molecular complexity index is 1290. The molecule has 0 aromatic carbocycles. The summed E-state index contributed by atoms with van der Waals surface area (Å²) < 4.78 is 1.07. The molecule has 4 rings (SSSR count). The number of rotatable bonds is 10. The first kappa shape index (κ1) is 25.4. The largest absolute Gasteiger partial charge is 0.480 e. The van der Waals surface area contributed by atoms with E-state index in [1.165, 1.54) is 24.3 Å². The number of thioether (sulfide) groups is 2. The van der Waals surface area contributed by atoms with Gasteiger partial charge >= 0.3 is 11.9 Å². The molecule has 19 heteroatoms. The van der Waals surface area contributed by atoms with E-state index in [-0.39, 0.29) is 38.9 Å². The zero-order valence-electron chi connectivity index (χ0n) is 18.2. The molecular formula is C17H17N9O7S3. The second kappa shape index (κ2) is 10.5. The van der Waals surface area contributed by atoms with Crippen LogP contribution in [-0.2, 0) is 30.6 Å². The van der Waals surface area contributed by atoms with Crippen LogP contribution in [0.25, 0.3) is 0 Å². The van der Waals surface area contributed by atoms with Crippen LogP contribution in [0.2, 0.25) is 0 Å². The first-order valence-electron chi connectivity index (χ1n) is 9.85. The number of fused-ring (bicyclic) bond motifs is 1. The number of hydrogen-bond acceptors (Lipinski definition) is 14. The van der Waals surface area contributed by atoms with Crippen LogP contribution in [0, 0.1) is 0 Å². The van der Waals surface area contributed by atoms with Crippen molar-refractivity contribution in [3.8, 4) is 0 Å². The van der Waals surface area contributed by atoms with Gasteiger partial charge in [-0.15, -0.1) is 28.2 Å². The van der Waals surface area contributed by atoms with Gasteiger partial charge in [0.05, 0.1) is 0 Å². The zero-order valence-corrected chi connectivity index (χ0v) is 20.7. The summed E-state index contributed by atoms with van der Waals surface area (Å²) in [6.45, 7) is -0.454. The number of amides is 2. The lowest BCUT2D eigenvalue weighted by molar-refractivity contribution is -0.150. The Morgan fingerprint density at radius 1 is 1.39 bits per heavy atom. The van der Waals surface area contributed by atoms with Gasteiger partial charge in [-0.25, -0.2) is 14.5 Å². The number of carboxylic acid groups (broad SMARTS) is 2. The van der Waals surface area contributed by atoms with E-state index in [1.54, 1.807) is 0 Å². The van der Waals surface area contributed by atoms with Crippen molar-refractivity contribution in [2.75, 3.05) is 24.3 Å². The van der Waals surface area contributed by atoms with Crippen molar-refractivity contribution in [3.05, 3.63) is 22.3 Å². The van der Waals surface area contributed by atoms with Crippen molar-refractivity contribution in [2.24, 2.45) is 5.16 Å². The minimum atomic E-state index is -1.31. The first-order chi connectivity index (χ1) is 17.2. The normalized spacial score (nSPS) is 19.5. The summed E-state index contributed by atoms with van der Waals surface area (Å²) in [5.74, 6) is -3.42. The molecule has 0 bridgehead atoms. The molecule has 2 aliphatic heterocycles. The number of nitrogens with zero attached hydrogens (tertiary/aromatic N) is 7. The number of nitrogens with two attached hydrogens (primary N) is 1. The van der Waals surface area contributed by atoms with Gasteiger partial charge in [-0.2, -0.15) is 0 Å². The maximum Gasteiger partial charge on any atom is 0.352 e. The van der Waals surface area contributed by atoms with Gasteiger partial charge < -0.3 is 26.1 Å². The van der Waals surface area contributed by atoms with E-state index >= 15 is 0 Å². The van der Waals surface area contributed by atoms with Gasteiger partial charge in [0.15, 0.2) is 10.8 Å². The first-order valence-corrected chi connectivity index (χ1v) is 12.8. The molecule has 1 fully saturated rings. The minimum absolute atomic E-state index is 0.109. The molecule has 36 heavy (non-hydrogen) atoms. The third-order valence-corrected chi connectivity index (χ3v) is 7.92. The van der Waals surface area contributed by atoms with Crippen LogP contribution in [0.15, 0.2) is 27.0 Å². The molecule has 16 nitrogen and oxygen atoms in total. The van der Waals surface area contributed by atoms with Crippen LogP contribution in [0.4, 0.5) is 5.13 Å². The van der Waals surface area contributed by atoms with E-state index in [0.29, 0.717) is 5.57 Å². The Labute approximate surface area is 213 Å². The average molecular weight is 556 g/mol. The second-order valence-corrected chi connectivity index (χ2v) is 10.1. The number of oxime groups is 1. The van der Waals surface area contributed by atoms with Crippen LogP contribution in [0.1, 0.15) is 5.69 Å². The Kier molecular flexibility index (Phi) is 7.40. The maximum absolute atomic E-state index is 12.9. The smallest absolute Gasteiger partial charge is 0.352 e. The van der Waals surface area contributed by atoms with E-state index in [9.17, 15) is 24.3 Å². The highest BCUT2D eigenvalue weighted by Gasteiger charge is 2.54. The molecular weight excluding hydrogens is 538 g/mol. The van der Waals surface area contributed by atoms with E-state index < -0.39 is 41.7 Å². The molecule has 2 amide bonds. The Morgan fingerprint density at radius 2 is 2.17 bits per heavy atom. The molecule has 0 aliphatic carbocycles. The number of aromatic nitrogens is 5. The van der Waals surface area contributed by atoms with Crippen molar-refractivity contribution in [1.82, 2.24) is 35.4 Å². The van der Waals surface area contributed by atoms with E-state index in [0.717, 1.165) is 32.7 Å². The molecule has 2 aromatic rings. The molecule has 0 saturated carbocycles. The number of β-lactam (4-membered cyclic amide) rings is 1. The monoisotopic (exact) mass is 555 g/mol. The van der Waals surface area contributed by atoms with E-state index in [1.807, 2.05) is 0 Å². The Morgan fingerprint density at radius 3 is 2.81 bits per heavy atom. The van der Waals surface area contributed by atoms with E-state index in [4.69, 9.17) is 15.7 Å². The SMILES string of the molecule is CO/N=C(/C(=O)N[C@@H]1C(=O)N2C(C(=O)O)=C(CSc3nnnn3CC(=O)O)CS[C@H]12)c1csc(N)n1. The third kappa shape index (κ3) is 4.97. The number of thiazole rings is 1. The van der Waals surface area contributed by atoms with Gasteiger partial charge in [0.2, 0.25) is 5.16 Å². The molecule has 4 heterocycles. The lowest BCUT2D eigenvalue weighted by Gasteiger charge is -2.49. The fourth-order valence-electron chi connectivity index (χ4n) is 3.37. The summed E-state index contributed by atoms with van der Waals surface area (Å²) in [5, 5.41) is 37.1. The van der Waals surface area contributed by atoms with E-state index in [2.05, 4.69) is 31.0 Å². The summed E-state index contributed by atoms with van der Waals surface area (Å²) >= 11 is 3.42. The fraction of sp³-hybridized carbons (Fsp3) is 0.353. The summed E-state index contributed by atoms with van der Waals surface area (Å²) in [6.07, 6.45) is 0. The zero-order chi connectivity index (χ0) is 26.0. The van der Waals surface area contributed by atoms with Crippen LogP contribution >= 0.6 is 34.9 Å². The summed E-state index contributed by atoms with van der Waals surface area (Å²) in [4.78, 5) is 58.6. The van der Waals surface area contributed by atoms with Crippen molar-refractivity contribution in [1.29, 1.82) is 0 Å². The number of aliphatic carboxylic acids is 2. The Balaban J connectivity index is 1.48. The van der Waals surface area contributed by atoms with Gasteiger partial charge in [0.1, 0.15) is 36.5 Å². The predicted molar refractivity (Wildman–Crippen MR) is 126 cm³/mol. The Hall–Kier alpha value is -3.71. The number of carboxylic acids is 2. The average Bonchev–Trinajstić information content (AvgIpc) is 3.46. The van der Waals surface area contributed by atoms with Crippen molar-refractivity contribution in [3.63, 3.8) is 0 Å². The molecule has 0 radical (unpaired) electrons. The van der Waals surface area contributed by atoms with Gasteiger partial charge in [0.25, 0.3) is 11.8 Å². The molecule has 0 spiro atoms. The highest BCUT2D eigenvalue weighted by Crippen LogP contribution is 2.41. The number of carbonyl (C=O) groups excluding carboxylic acids is 2. The highest BCUT2D eigenvalue weighted by molar-refractivity contribution is 8.01. The maximum atomic E-state index is 12.9. The van der Waals surface area contributed by atoms with Gasteiger partial charge in [-0.3, -0.25) is 19.3 Å². The summed E-state index contributed by atoms with van der Waals surface area (Å²) in [5.41, 5.74) is 5.84. The van der Waals surface area contributed by atoms with Crippen LogP contribution in [-0.4, -0.2) is 99.8 Å². The summed E-state index contributed by atoms with van der Waals surface area (Å²) in [7, 11) is 1.25. The van der Waals surface area contributed by atoms with Crippen LogP contribution < -0.4 is 11.1 Å². The van der Waals surface area contributed by atoms with Crippen molar-refractivity contribution >= 4 is 69.5 Å². The fourth-order valence-corrected chi connectivity index (χ4v) is 6.28. The van der Waals surface area contributed by atoms with Gasteiger partial charge in [-0.1, -0.05) is 16.9 Å². The summed E-state index contributed by atoms with van der Waals surface area (Å²) in [6, 6.07) is -0.994. The number of nitrogen functional groups attached to an aromatic ring is 1. The second-order valence-electron chi connectivity index (χ2n) is 7.11. The molecule has 2 aliphatic rings. The van der Waals surface area contributed by atoms with Gasteiger partial charge in [0, 0.05) is 16.9 Å². The number of carbonyl (C=O) groups is 4. The quantitative estimate of drug-likeness (QED) is 0.115. The van der Waals surface area contributed by atoms with Gasteiger partial charge in [-0.05, 0) is 16.0 Å². The lowest BCUT2D eigenvalue weighted by Crippen LogP contribution is -2.71. The molecule has 2 atom stereocenters. The number of tetrazole rings is 1. The topological polar surface area (TPSA) is 228 Å². The lowest BCUT2D eigenvalue weighted by atomic mass is 10.0. The molecule has 190 valence electrons. The standard InChI is InChI=1S/C17H17N9O7S3/c1-33-22-9(7-5-35-16(18)19-7)12(29)20-10-13(30)26-11(15(31)32)6(3-34-14(10)26)4-36-17-21-23-24-25(17)2-8(27)28/h5,10,14H,2-4H2,1H3,(H2,18,19)(H,20,29)(H,27,28)(H,31,32)/b22-9+/t10-,14-/m1/s1. The number of nitrogens with one attached hydrogen (secondary N) is 1. The van der Waals surface area contributed by atoms with Crippen molar-refractivity contribution < 1.29 is 34.2 Å². The molecule has 5 N–H and O–H groups in total. The molecule has 2 aromatic heterocycles. The minimum Gasteiger partial charge on any atom is -0.480 e. The molecule has 0 unspecified atom stereocenters.